The van der Waals surface area contributed by atoms with E-state index in [0.717, 1.165) is 16.8 Å². The van der Waals surface area contributed by atoms with Gasteiger partial charge in [0.15, 0.2) is 0 Å². The number of rotatable bonds is 4. The maximum absolute atomic E-state index is 13.4. The first-order valence-corrected chi connectivity index (χ1v) is 9.12. The van der Waals surface area contributed by atoms with Crippen LogP contribution in [0.3, 0.4) is 0 Å². The number of fused-ring (bicyclic) bond motifs is 1. The molecule has 1 heterocycles. The van der Waals surface area contributed by atoms with E-state index >= 15 is 0 Å². The van der Waals surface area contributed by atoms with Crippen LogP contribution in [0.1, 0.15) is 51.0 Å². The first kappa shape index (κ1) is 17.8. The Morgan fingerprint density at radius 1 is 0.964 bits per heavy atom. The largest absolute Gasteiger partial charge is 0.478 e. The number of carbonyl (C=O) groups is 2. The van der Waals surface area contributed by atoms with Crippen LogP contribution in [-0.4, -0.2) is 21.9 Å². The summed E-state index contributed by atoms with van der Waals surface area (Å²) in [5.41, 5.74) is 3.48. The van der Waals surface area contributed by atoms with Gasteiger partial charge in [-0.15, -0.1) is 0 Å². The summed E-state index contributed by atoms with van der Waals surface area (Å²) in [6, 6.07) is 23.8. The molecule has 0 saturated heterocycles. The van der Waals surface area contributed by atoms with Gasteiger partial charge in [0, 0.05) is 5.69 Å². The van der Waals surface area contributed by atoms with Crippen molar-refractivity contribution in [3.05, 3.63) is 101 Å². The molecular formula is C23H20N2O3. The first-order valence-electron chi connectivity index (χ1n) is 9.12. The molecule has 0 saturated carbocycles. The van der Waals surface area contributed by atoms with E-state index in [1.807, 2.05) is 66.4 Å². The fourth-order valence-electron chi connectivity index (χ4n) is 3.61. The van der Waals surface area contributed by atoms with E-state index < -0.39 is 12.1 Å². The number of aromatic carboxylic acids is 1. The molecule has 1 aliphatic heterocycles. The van der Waals surface area contributed by atoms with Crippen LogP contribution in [0.25, 0.3) is 0 Å². The van der Waals surface area contributed by atoms with Crippen molar-refractivity contribution < 1.29 is 14.7 Å². The molecule has 2 N–H and O–H groups in total. The molecule has 28 heavy (non-hydrogen) atoms. The summed E-state index contributed by atoms with van der Waals surface area (Å²) in [6.07, 6.45) is -0.402. The molecule has 0 aromatic heterocycles. The van der Waals surface area contributed by atoms with E-state index in [2.05, 4.69) is 5.32 Å². The molecule has 1 aliphatic rings. The van der Waals surface area contributed by atoms with Gasteiger partial charge in [-0.1, -0.05) is 54.6 Å². The molecule has 0 bridgehead atoms. The third kappa shape index (κ3) is 3.11. The normalized spacial score (nSPS) is 16.8. The summed E-state index contributed by atoms with van der Waals surface area (Å²) in [6.45, 7) is 2.00. The molecule has 3 aromatic carbocycles. The fraction of sp³-hybridized carbons (Fsp3) is 0.130. The molecular weight excluding hydrogens is 352 g/mol. The van der Waals surface area contributed by atoms with Crippen molar-refractivity contribution in [2.45, 2.75) is 19.1 Å². The molecule has 3 aromatic rings. The van der Waals surface area contributed by atoms with E-state index in [4.69, 9.17) is 5.11 Å². The molecule has 4 rings (SSSR count). The van der Waals surface area contributed by atoms with Crippen molar-refractivity contribution >= 4 is 17.6 Å². The third-order valence-electron chi connectivity index (χ3n) is 5.13. The maximum atomic E-state index is 13.4. The van der Waals surface area contributed by atoms with Gasteiger partial charge in [-0.05, 0) is 42.3 Å². The molecule has 140 valence electrons. The monoisotopic (exact) mass is 372 g/mol. The minimum atomic E-state index is -0.973. The third-order valence-corrected chi connectivity index (χ3v) is 5.13. The lowest BCUT2D eigenvalue weighted by atomic mass is 9.98. The quantitative estimate of drug-likeness (QED) is 0.696. The Morgan fingerprint density at radius 2 is 1.61 bits per heavy atom. The van der Waals surface area contributed by atoms with Crippen molar-refractivity contribution in [2.24, 2.45) is 0 Å². The van der Waals surface area contributed by atoms with E-state index in [1.165, 1.54) is 0 Å². The lowest BCUT2D eigenvalue weighted by molar-refractivity contribution is 0.0595. The van der Waals surface area contributed by atoms with Crippen molar-refractivity contribution in [1.29, 1.82) is 0 Å². The van der Waals surface area contributed by atoms with Crippen LogP contribution in [0.5, 0.6) is 0 Å². The minimum Gasteiger partial charge on any atom is -0.478 e. The van der Waals surface area contributed by atoms with E-state index in [-0.39, 0.29) is 17.5 Å². The number of carbonyl (C=O) groups excluding carboxylic acids is 1. The fourth-order valence-corrected chi connectivity index (χ4v) is 3.61. The Labute approximate surface area is 163 Å². The van der Waals surface area contributed by atoms with Crippen LogP contribution in [0.15, 0.2) is 78.9 Å². The van der Waals surface area contributed by atoms with E-state index in [1.54, 1.807) is 24.3 Å². The first-order chi connectivity index (χ1) is 13.6. The number of carboxylic acids is 1. The number of para-hydroxylation sites is 1. The summed E-state index contributed by atoms with van der Waals surface area (Å²) < 4.78 is 0. The molecule has 5 heteroatoms. The number of nitrogens with one attached hydrogen (secondary N) is 1. The van der Waals surface area contributed by atoms with Gasteiger partial charge in [-0.2, -0.15) is 0 Å². The van der Waals surface area contributed by atoms with Crippen LogP contribution < -0.4 is 5.32 Å². The summed E-state index contributed by atoms with van der Waals surface area (Å²) in [5.74, 6) is -1.03. The zero-order chi connectivity index (χ0) is 19.7. The predicted molar refractivity (Wildman–Crippen MR) is 107 cm³/mol. The average molecular weight is 372 g/mol. The van der Waals surface area contributed by atoms with E-state index in [0.29, 0.717) is 5.56 Å². The molecule has 0 aliphatic carbocycles. The molecule has 0 spiro atoms. The topological polar surface area (TPSA) is 69.6 Å². The summed E-state index contributed by atoms with van der Waals surface area (Å²) in [5, 5.41) is 12.6. The number of anilines is 1. The van der Waals surface area contributed by atoms with Gasteiger partial charge >= 0.3 is 5.97 Å². The Balaban J connectivity index is 1.79. The molecule has 0 radical (unpaired) electrons. The van der Waals surface area contributed by atoms with Gasteiger partial charge in [-0.3, -0.25) is 4.79 Å². The number of hydrogen-bond donors (Lipinski definition) is 2. The Kier molecular flexibility index (Phi) is 4.57. The van der Waals surface area contributed by atoms with Crippen molar-refractivity contribution in [3.8, 4) is 0 Å². The van der Waals surface area contributed by atoms with Crippen LogP contribution in [0.2, 0.25) is 0 Å². The summed E-state index contributed by atoms with van der Waals surface area (Å²) in [4.78, 5) is 26.4. The van der Waals surface area contributed by atoms with Gasteiger partial charge in [0.05, 0.1) is 17.2 Å². The highest BCUT2D eigenvalue weighted by atomic mass is 16.4. The van der Waals surface area contributed by atoms with Gasteiger partial charge in [0.2, 0.25) is 0 Å². The number of nitrogens with zero attached hydrogens (tertiary/aromatic N) is 1. The molecule has 0 fully saturated rings. The Bertz CT molecular complexity index is 1020. The van der Waals surface area contributed by atoms with Crippen LogP contribution in [0, 0.1) is 0 Å². The zero-order valence-corrected chi connectivity index (χ0v) is 15.4. The minimum absolute atomic E-state index is 0.0574. The summed E-state index contributed by atoms with van der Waals surface area (Å²) >= 11 is 0. The lowest BCUT2D eigenvalue weighted by Crippen LogP contribution is -2.44. The SMILES string of the molecule is CC(c1ccccc1)N1C(=O)c2ccccc2NC1c1ccc(C(=O)O)cc1. The standard InChI is InChI=1S/C23H20N2O3/c1-15(16-7-3-2-4-8-16)25-21(17-11-13-18(14-12-17)23(27)28)24-20-10-6-5-9-19(20)22(25)26/h2-15,21,24H,1H3,(H,27,28). The Hall–Kier alpha value is -3.60. The van der Waals surface area contributed by atoms with E-state index in [9.17, 15) is 9.59 Å². The molecule has 2 unspecified atom stereocenters. The number of carboxylic acid groups (broad SMARTS) is 1. The average Bonchev–Trinajstić information content (AvgIpc) is 2.74. The molecule has 1 amide bonds. The highest BCUT2D eigenvalue weighted by molar-refractivity contribution is 6.02. The number of amides is 1. The molecule has 2 atom stereocenters. The van der Waals surface area contributed by atoms with Crippen LogP contribution >= 0.6 is 0 Å². The lowest BCUT2D eigenvalue weighted by Gasteiger charge is -2.42. The zero-order valence-electron chi connectivity index (χ0n) is 15.4. The van der Waals surface area contributed by atoms with Gasteiger partial charge in [0.1, 0.15) is 6.17 Å². The van der Waals surface area contributed by atoms with Crippen molar-refractivity contribution in [2.75, 3.05) is 5.32 Å². The second-order valence-electron chi connectivity index (χ2n) is 6.82. The molecule has 5 nitrogen and oxygen atoms in total. The number of hydrogen-bond acceptors (Lipinski definition) is 3. The summed E-state index contributed by atoms with van der Waals surface area (Å²) in [7, 11) is 0. The second-order valence-corrected chi connectivity index (χ2v) is 6.82. The maximum Gasteiger partial charge on any atom is 0.335 e. The Morgan fingerprint density at radius 3 is 2.29 bits per heavy atom. The van der Waals surface area contributed by atoms with Crippen LogP contribution in [-0.2, 0) is 0 Å². The van der Waals surface area contributed by atoms with Crippen molar-refractivity contribution in [3.63, 3.8) is 0 Å². The van der Waals surface area contributed by atoms with Gasteiger partial charge < -0.3 is 15.3 Å². The predicted octanol–water partition coefficient (Wildman–Crippen LogP) is 4.71. The smallest absolute Gasteiger partial charge is 0.335 e. The van der Waals surface area contributed by atoms with Gasteiger partial charge in [-0.25, -0.2) is 4.79 Å². The highest BCUT2D eigenvalue weighted by Gasteiger charge is 2.36. The second kappa shape index (κ2) is 7.19. The van der Waals surface area contributed by atoms with Crippen molar-refractivity contribution in [1.82, 2.24) is 4.90 Å². The number of benzene rings is 3. The van der Waals surface area contributed by atoms with Crippen LogP contribution in [0.4, 0.5) is 5.69 Å². The highest BCUT2D eigenvalue weighted by Crippen LogP contribution is 2.38. The van der Waals surface area contributed by atoms with Gasteiger partial charge in [0.25, 0.3) is 5.91 Å².